The second-order valence-electron chi connectivity index (χ2n) is 8.50. The summed E-state index contributed by atoms with van der Waals surface area (Å²) >= 11 is 0. The Morgan fingerprint density at radius 3 is 2.69 bits per heavy atom. The fourth-order valence-corrected chi connectivity index (χ4v) is 5.74. The molecule has 158 valence electrons. The quantitative estimate of drug-likeness (QED) is 0.767. The van der Waals surface area contributed by atoms with E-state index in [4.69, 9.17) is 0 Å². The minimum absolute atomic E-state index is 0.0113. The summed E-state index contributed by atoms with van der Waals surface area (Å²) in [7, 11) is 0. The van der Waals surface area contributed by atoms with Crippen LogP contribution in [0, 0.1) is 0 Å². The number of urea groups is 1. The van der Waals surface area contributed by atoms with Gasteiger partial charge in [-0.15, -0.1) is 0 Å². The summed E-state index contributed by atoms with van der Waals surface area (Å²) in [5, 5.41) is 1.41. The van der Waals surface area contributed by atoms with E-state index in [-0.39, 0.29) is 6.03 Å². The number of nitrogens with zero attached hydrogens (tertiary/aromatic N) is 3. The highest BCUT2D eigenvalue weighted by molar-refractivity contribution is 5.93. The van der Waals surface area contributed by atoms with Crippen molar-refractivity contribution in [3.05, 3.63) is 35.0 Å². The van der Waals surface area contributed by atoms with Gasteiger partial charge in [0.15, 0.2) is 0 Å². The van der Waals surface area contributed by atoms with Crippen molar-refractivity contribution in [1.29, 1.82) is 0 Å². The molecule has 29 heavy (non-hydrogen) atoms. The smallest absolute Gasteiger partial charge is 0.324 e. The van der Waals surface area contributed by atoms with Crippen molar-refractivity contribution in [3.63, 3.8) is 0 Å². The SMILES string of the molecule is CCCN1CCC[C@@H]2c3cccc4c3c(c(CC)n4NC(=O)N(CC)CC)C[C@H]21. The van der Waals surface area contributed by atoms with Crippen LogP contribution in [-0.2, 0) is 12.8 Å². The molecule has 1 N–H and O–H groups in total. The van der Waals surface area contributed by atoms with Gasteiger partial charge in [-0.25, -0.2) is 10.2 Å². The van der Waals surface area contributed by atoms with E-state index in [0.717, 1.165) is 25.9 Å². The number of hydrogen-bond donors (Lipinski definition) is 1. The molecular weight excluding hydrogens is 360 g/mol. The summed E-state index contributed by atoms with van der Waals surface area (Å²) < 4.78 is 2.09. The molecule has 5 nitrogen and oxygen atoms in total. The zero-order valence-corrected chi connectivity index (χ0v) is 18.5. The van der Waals surface area contributed by atoms with E-state index in [0.29, 0.717) is 12.0 Å². The standard InChI is InChI=1S/C24H36N4O/c1-5-14-27-15-10-12-17-18-11-9-13-21-23(18)19(16-22(17)27)20(6-2)28(21)25-24(29)26(7-3)8-4/h9,11,13,17,22H,5-8,10,12,14-16H2,1-4H3,(H,25,29)/t17-,22-/m1/s1. The molecular formula is C24H36N4O. The average Bonchev–Trinajstić information content (AvgIpc) is 3.03. The van der Waals surface area contributed by atoms with Crippen LogP contribution in [0.1, 0.15) is 69.7 Å². The van der Waals surface area contributed by atoms with E-state index in [9.17, 15) is 4.79 Å². The normalized spacial score (nSPS) is 21.2. The summed E-state index contributed by atoms with van der Waals surface area (Å²) in [5.74, 6) is 0.616. The first-order valence-corrected chi connectivity index (χ1v) is 11.6. The zero-order chi connectivity index (χ0) is 20.5. The molecule has 0 unspecified atom stereocenters. The van der Waals surface area contributed by atoms with Gasteiger partial charge < -0.3 is 4.90 Å². The van der Waals surface area contributed by atoms with Gasteiger partial charge in [0.05, 0.1) is 5.52 Å². The Balaban J connectivity index is 1.81. The Morgan fingerprint density at radius 2 is 2.00 bits per heavy atom. The van der Waals surface area contributed by atoms with E-state index in [1.807, 2.05) is 18.7 Å². The molecule has 5 heteroatoms. The van der Waals surface area contributed by atoms with Crippen LogP contribution in [0.25, 0.3) is 10.9 Å². The van der Waals surface area contributed by atoms with Gasteiger partial charge in [-0.05, 0) is 76.2 Å². The van der Waals surface area contributed by atoms with Crippen molar-refractivity contribution in [3.8, 4) is 0 Å². The van der Waals surface area contributed by atoms with Gasteiger partial charge in [0.2, 0.25) is 0 Å². The number of carbonyl (C=O) groups excluding carboxylic acids is 1. The van der Waals surface area contributed by atoms with Gasteiger partial charge >= 0.3 is 6.03 Å². The highest BCUT2D eigenvalue weighted by Crippen LogP contribution is 2.45. The first kappa shape index (κ1) is 20.3. The van der Waals surface area contributed by atoms with Crippen molar-refractivity contribution in [1.82, 2.24) is 14.5 Å². The molecule has 1 aliphatic carbocycles. The number of fused-ring (bicyclic) bond motifs is 2. The lowest BCUT2D eigenvalue weighted by Crippen LogP contribution is -2.47. The highest BCUT2D eigenvalue weighted by Gasteiger charge is 2.39. The van der Waals surface area contributed by atoms with Crippen molar-refractivity contribution in [2.75, 3.05) is 31.6 Å². The van der Waals surface area contributed by atoms with Gasteiger partial charge in [0.25, 0.3) is 0 Å². The molecule has 2 aliphatic rings. The summed E-state index contributed by atoms with van der Waals surface area (Å²) in [6.45, 7) is 12.4. The molecule has 0 bridgehead atoms. The predicted octanol–water partition coefficient (Wildman–Crippen LogP) is 4.72. The van der Waals surface area contributed by atoms with Crippen LogP contribution in [0.15, 0.2) is 18.2 Å². The van der Waals surface area contributed by atoms with E-state index in [2.05, 4.69) is 47.0 Å². The van der Waals surface area contributed by atoms with Crippen molar-refractivity contribution < 1.29 is 4.79 Å². The average molecular weight is 397 g/mol. The molecule has 1 aromatic carbocycles. The van der Waals surface area contributed by atoms with Crippen molar-refractivity contribution in [2.45, 2.75) is 71.8 Å². The van der Waals surface area contributed by atoms with Crippen molar-refractivity contribution in [2.24, 2.45) is 0 Å². The Kier molecular flexibility index (Phi) is 5.86. The molecule has 2 atom stereocenters. The van der Waals surface area contributed by atoms with Gasteiger partial charge in [-0.3, -0.25) is 9.58 Å². The molecule has 0 radical (unpaired) electrons. The van der Waals surface area contributed by atoms with Gasteiger partial charge in [0.1, 0.15) is 0 Å². The minimum atomic E-state index is -0.0113. The lowest BCUT2D eigenvalue weighted by molar-refractivity contribution is 0.124. The second kappa shape index (κ2) is 8.39. The van der Waals surface area contributed by atoms with Crippen LogP contribution in [-0.4, -0.2) is 52.7 Å². The molecule has 1 fully saturated rings. The predicted molar refractivity (Wildman–Crippen MR) is 120 cm³/mol. The molecule has 1 saturated heterocycles. The number of aromatic nitrogens is 1. The Hall–Kier alpha value is -2.01. The van der Waals surface area contributed by atoms with Crippen LogP contribution in [0.4, 0.5) is 4.79 Å². The summed E-state index contributed by atoms with van der Waals surface area (Å²) in [6, 6.07) is 7.29. The molecule has 4 rings (SSSR count). The number of nitrogens with one attached hydrogen (secondary N) is 1. The topological polar surface area (TPSA) is 40.5 Å². The molecule has 1 aromatic heterocycles. The second-order valence-corrected chi connectivity index (χ2v) is 8.50. The maximum absolute atomic E-state index is 12.9. The summed E-state index contributed by atoms with van der Waals surface area (Å²) in [6.07, 6.45) is 5.80. The molecule has 2 aromatic rings. The number of likely N-dealkylation sites (tertiary alicyclic amines) is 1. The number of rotatable bonds is 6. The highest BCUT2D eigenvalue weighted by atomic mass is 16.2. The molecule has 1 aliphatic heterocycles. The van der Waals surface area contributed by atoms with Crippen molar-refractivity contribution >= 4 is 16.9 Å². The number of benzene rings is 1. The minimum Gasteiger partial charge on any atom is -0.324 e. The van der Waals surface area contributed by atoms with E-state index in [1.165, 1.54) is 60.1 Å². The third-order valence-electron chi connectivity index (χ3n) is 7.05. The van der Waals surface area contributed by atoms with Crippen LogP contribution in [0.5, 0.6) is 0 Å². The van der Waals surface area contributed by atoms with E-state index < -0.39 is 0 Å². The molecule has 2 amide bonds. The third-order valence-corrected chi connectivity index (χ3v) is 7.05. The molecule has 0 saturated carbocycles. The fraction of sp³-hybridized carbons (Fsp3) is 0.625. The van der Waals surface area contributed by atoms with Crippen LogP contribution < -0.4 is 5.43 Å². The monoisotopic (exact) mass is 396 g/mol. The lowest BCUT2D eigenvalue weighted by Gasteiger charge is -2.44. The maximum atomic E-state index is 12.9. The molecule has 0 spiro atoms. The van der Waals surface area contributed by atoms with Crippen LogP contribution in [0.3, 0.4) is 0 Å². The number of carbonyl (C=O) groups is 1. The lowest BCUT2D eigenvalue weighted by atomic mass is 9.74. The number of piperidine rings is 1. The first-order valence-electron chi connectivity index (χ1n) is 11.6. The third kappa shape index (κ3) is 3.33. The largest absolute Gasteiger partial charge is 0.336 e. The maximum Gasteiger partial charge on any atom is 0.336 e. The zero-order valence-electron chi connectivity index (χ0n) is 18.5. The Morgan fingerprint density at radius 1 is 1.21 bits per heavy atom. The molecule has 2 heterocycles. The van der Waals surface area contributed by atoms with Gasteiger partial charge in [-0.1, -0.05) is 26.0 Å². The van der Waals surface area contributed by atoms with E-state index in [1.54, 1.807) is 0 Å². The number of amides is 2. The van der Waals surface area contributed by atoms with E-state index >= 15 is 0 Å². The van der Waals surface area contributed by atoms with Crippen LogP contribution in [0.2, 0.25) is 0 Å². The fourth-order valence-electron chi connectivity index (χ4n) is 5.74. The van der Waals surface area contributed by atoms with Gasteiger partial charge in [-0.2, -0.15) is 0 Å². The Labute approximate surface area is 175 Å². The van der Waals surface area contributed by atoms with Gasteiger partial charge in [0, 0.05) is 36.1 Å². The first-order chi connectivity index (χ1) is 14.1. The number of hydrogen-bond acceptors (Lipinski definition) is 2. The Bertz CT molecular complexity index is 881. The summed E-state index contributed by atoms with van der Waals surface area (Å²) in [5.41, 5.74) is 8.62. The van der Waals surface area contributed by atoms with Crippen LogP contribution >= 0.6 is 0 Å². The summed E-state index contributed by atoms with van der Waals surface area (Å²) in [4.78, 5) is 17.4.